The summed E-state index contributed by atoms with van der Waals surface area (Å²) in [7, 11) is -1.10. The molecule has 6 heteroatoms. The number of benzene rings is 1. The van der Waals surface area contributed by atoms with Gasteiger partial charge in [-0.05, 0) is 19.1 Å². The molecule has 1 N–H and O–H groups in total. The van der Waals surface area contributed by atoms with Gasteiger partial charge in [0.25, 0.3) is 0 Å². The first-order valence-corrected chi connectivity index (χ1v) is 10.9. The van der Waals surface area contributed by atoms with Crippen molar-refractivity contribution in [1.29, 1.82) is 0 Å². The van der Waals surface area contributed by atoms with Crippen LogP contribution in [-0.4, -0.2) is 29.6 Å². The third-order valence-electron chi connectivity index (χ3n) is 3.32. The third-order valence-corrected chi connectivity index (χ3v) is 5.02. The second kappa shape index (κ2) is 6.25. The van der Waals surface area contributed by atoms with Gasteiger partial charge >= 0.3 is 0 Å². The Labute approximate surface area is 125 Å². The Bertz CT molecular complexity index is 620. The number of aliphatic hydroxyl groups excluding tert-OH is 1. The Morgan fingerprint density at radius 3 is 2.71 bits per heavy atom. The zero-order valence-electron chi connectivity index (χ0n) is 13.1. The first kappa shape index (κ1) is 16.1. The largest absolute Gasteiger partial charge is 0.389 e. The van der Waals surface area contributed by atoms with Crippen LogP contribution in [0.15, 0.2) is 18.3 Å². The molecule has 1 aromatic heterocycles. The van der Waals surface area contributed by atoms with Gasteiger partial charge in [0, 0.05) is 23.8 Å². The van der Waals surface area contributed by atoms with Gasteiger partial charge in [-0.15, -0.1) is 14.1 Å². The van der Waals surface area contributed by atoms with E-state index in [1.54, 1.807) is 17.8 Å². The van der Waals surface area contributed by atoms with Gasteiger partial charge in [0.05, 0.1) is 11.6 Å². The minimum atomic E-state index is -1.10. The van der Waals surface area contributed by atoms with Gasteiger partial charge < -0.3 is 9.84 Å². The molecule has 0 aliphatic heterocycles. The fraction of sp³-hybridized carbons (Fsp3) is 0.533. The number of hydrogen-bond donors (Lipinski definition) is 1. The molecule has 0 fully saturated rings. The number of nitrogens with zero attached hydrogens (tertiary/aromatic N) is 2. The quantitative estimate of drug-likeness (QED) is 0.656. The molecule has 2 aromatic rings. The first-order valence-electron chi connectivity index (χ1n) is 7.19. The van der Waals surface area contributed by atoms with Crippen molar-refractivity contribution in [2.75, 3.05) is 6.61 Å². The zero-order chi connectivity index (χ0) is 15.6. The predicted molar refractivity (Wildman–Crippen MR) is 84.4 cm³/mol. The maximum absolute atomic E-state index is 13.5. The molecule has 0 spiro atoms. The third kappa shape index (κ3) is 4.36. The summed E-state index contributed by atoms with van der Waals surface area (Å²) in [5, 5.41) is 14.8. The van der Waals surface area contributed by atoms with Crippen molar-refractivity contribution < 1.29 is 14.2 Å². The molecule has 1 heterocycles. The smallest absolute Gasteiger partial charge is 0.139 e. The van der Waals surface area contributed by atoms with Gasteiger partial charge in [-0.2, -0.15) is 24.7 Å². The van der Waals surface area contributed by atoms with E-state index in [2.05, 4.69) is 24.7 Å². The monoisotopic (exact) mass is 310 g/mol. The van der Waals surface area contributed by atoms with Crippen LogP contribution in [0.2, 0.25) is 25.7 Å². The molecule has 117 valence electrons. The number of ether oxygens (including phenoxy) is 1. The second-order valence-electron chi connectivity index (χ2n) is 6.63. The molecule has 0 aliphatic rings. The molecule has 0 radical (unpaired) electrons. The fourth-order valence-electron chi connectivity index (χ4n) is 2.09. The Hall–Kier alpha value is -1.24. The summed E-state index contributed by atoms with van der Waals surface area (Å²) in [5.41, 5.74) is 1.13. The van der Waals surface area contributed by atoms with E-state index < -0.39 is 14.2 Å². The minimum absolute atomic E-state index is 0.347. The summed E-state index contributed by atoms with van der Waals surface area (Å²) in [6, 6.07) is 3.85. The van der Waals surface area contributed by atoms with Crippen LogP contribution in [0.1, 0.15) is 18.6 Å². The molecule has 1 unspecified atom stereocenters. The van der Waals surface area contributed by atoms with Crippen LogP contribution in [0.4, 0.5) is 4.39 Å². The van der Waals surface area contributed by atoms with Crippen LogP contribution >= 0.6 is 0 Å². The summed E-state index contributed by atoms with van der Waals surface area (Å²) in [6.07, 6.45) is 0.998. The highest BCUT2D eigenvalue weighted by molar-refractivity contribution is 6.76. The summed E-state index contributed by atoms with van der Waals surface area (Å²) < 4.78 is 20.8. The summed E-state index contributed by atoms with van der Waals surface area (Å²) in [5.74, 6) is -0.363. The van der Waals surface area contributed by atoms with Crippen molar-refractivity contribution in [3.8, 4) is 0 Å². The highest BCUT2D eigenvalue weighted by Crippen LogP contribution is 2.24. The molecule has 0 aliphatic carbocycles. The lowest BCUT2D eigenvalue weighted by molar-refractivity contribution is 0.0790. The standard InChI is InChI=1S/C15H23FN2O2Si/c1-11(19)14-8-13(16)7-12-9-18(17-15(12)14)10-20-5-6-21(2,3)4/h7-9,11,19H,5-6,10H2,1-4H3/q-1. The molecule has 1 aromatic carbocycles. The SMILES string of the molecule is CC(O)c1cc(F)cc2cn(COCC[Si-](C)(C)C)nc12. The van der Waals surface area contributed by atoms with Crippen molar-refractivity contribution >= 4 is 19.0 Å². The highest BCUT2D eigenvalue weighted by Gasteiger charge is 2.12. The molecule has 1 atom stereocenters. The average Bonchev–Trinajstić information content (AvgIpc) is 2.74. The van der Waals surface area contributed by atoms with Gasteiger partial charge in [-0.1, -0.05) is 0 Å². The van der Waals surface area contributed by atoms with Crippen molar-refractivity contribution in [3.05, 3.63) is 29.7 Å². The molecular weight excluding hydrogens is 287 g/mol. The number of hydrogen-bond acceptors (Lipinski definition) is 3. The van der Waals surface area contributed by atoms with Crippen LogP contribution in [-0.2, 0) is 11.5 Å². The number of rotatable bonds is 6. The lowest BCUT2D eigenvalue weighted by Gasteiger charge is -2.26. The van der Waals surface area contributed by atoms with Crippen molar-refractivity contribution in [3.63, 3.8) is 0 Å². The van der Waals surface area contributed by atoms with Gasteiger partial charge in [0.15, 0.2) is 0 Å². The van der Waals surface area contributed by atoms with Gasteiger partial charge in [-0.25, -0.2) is 9.07 Å². The number of aromatic nitrogens is 2. The number of aliphatic hydroxyl groups is 1. The van der Waals surface area contributed by atoms with Gasteiger partial charge in [0.1, 0.15) is 12.5 Å². The normalized spacial score (nSPS) is 13.8. The maximum Gasteiger partial charge on any atom is 0.139 e. The van der Waals surface area contributed by atoms with Crippen molar-refractivity contribution in [2.45, 2.75) is 45.4 Å². The highest BCUT2D eigenvalue weighted by atomic mass is 28.3. The maximum atomic E-state index is 13.5. The van der Waals surface area contributed by atoms with E-state index in [0.717, 1.165) is 6.04 Å². The molecule has 21 heavy (non-hydrogen) atoms. The fourth-order valence-corrected chi connectivity index (χ4v) is 2.85. The van der Waals surface area contributed by atoms with Crippen LogP contribution < -0.4 is 0 Å². The van der Waals surface area contributed by atoms with Gasteiger partial charge in [0.2, 0.25) is 0 Å². The van der Waals surface area contributed by atoms with Crippen LogP contribution in [0.3, 0.4) is 0 Å². The lowest BCUT2D eigenvalue weighted by Crippen LogP contribution is -2.22. The molecular formula is C15H23FN2O2Si-. The average molecular weight is 310 g/mol. The van der Waals surface area contributed by atoms with E-state index in [1.165, 1.54) is 12.1 Å². The van der Waals surface area contributed by atoms with E-state index in [9.17, 15) is 9.50 Å². The number of halogens is 1. The van der Waals surface area contributed by atoms with E-state index >= 15 is 0 Å². The Morgan fingerprint density at radius 2 is 2.10 bits per heavy atom. The predicted octanol–water partition coefficient (Wildman–Crippen LogP) is 3.54. The summed E-state index contributed by atoms with van der Waals surface area (Å²) in [4.78, 5) is 0. The molecule has 2 rings (SSSR count). The van der Waals surface area contributed by atoms with Crippen molar-refractivity contribution in [2.24, 2.45) is 0 Å². The zero-order valence-corrected chi connectivity index (χ0v) is 14.1. The first-order chi connectivity index (χ1) is 9.76. The summed E-state index contributed by atoms with van der Waals surface area (Å²) in [6.45, 7) is 9.57. The van der Waals surface area contributed by atoms with Crippen LogP contribution in [0.5, 0.6) is 0 Å². The van der Waals surface area contributed by atoms with Crippen LogP contribution in [0, 0.1) is 5.82 Å². The van der Waals surface area contributed by atoms with Crippen molar-refractivity contribution in [1.82, 2.24) is 9.78 Å². The lowest BCUT2D eigenvalue weighted by atomic mass is 10.1. The van der Waals surface area contributed by atoms with Crippen LogP contribution in [0.25, 0.3) is 10.9 Å². The van der Waals surface area contributed by atoms with E-state index in [-0.39, 0.29) is 5.82 Å². The topological polar surface area (TPSA) is 47.3 Å². The minimum Gasteiger partial charge on any atom is -0.389 e. The summed E-state index contributed by atoms with van der Waals surface area (Å²) >= 11 is 0. The Kier molecular flexibility index (Phi) is 4.80. The Morgan fingerprint density at radius 1 is 1.38 bits per heavy atom. The molecule has 4 nitrogen and oxygen atoms in total. The van der Waals surface area contributed by atoms with E-state index in [4.69, 9.17) is 4.74 Å². The Balaban J connectivity index is 2.10. The molecule has 0 saturated heterocycles. The molecule has 0 saturated carbocycles. The molecule has 0 bridgehead atoms. The number of fused-ring (bicyclic) bond motifs is 1. The van der Waals surface area contributed by atoms with E-state index in [1.807, 2.05) is 0 Å². The molecule has 0 amide bonds. The van der Waals surface area contributed by atoms with Gasteiger partial charge in [-0.3, -0.25) is 0 Å². The van der Waals surface area contributed by atoms with E-state index in [0.29, 0.717) is 29.8 Å². The second-order valence-corrected chi connectivity index (χ2v) is 12.2.